The smallest absolute Gasteiger partial charge is 0.154 e. The Hall–Kier alpha value is -0.380. The Bertz CT molecular complexity index is 434. The summed E-state index contributed by atoms with van der Waals surface area (Å²) in [5, 5.41) is 10.3. The number of rotatable bonds is 4. The van der Waals surface area contributed by atoms with Gasteiger partial charge in [-0.3, -0.25) is 4.21 Å². The Kier molecular flexibility index (Phi) is 4.63. The van der Waals surface area contributed by atoms with Crippen LogP contribution in [-0.2, 0) is 10.8 Å². The SMILES string of the molecule is Cc1ccc(S(=O)C(Cl)(C(C)C)C(C)(C)O)cc1. The minimum Gasteiger partial charge on any atom is -0.388 e. The minimum absolute atomic E-state index is 0.124. The zero-order valence-electron chi connectivity index (χ0n) is 11.5. The molecule has 0 fully saturated rings. The van der Waals surface area contributed by atoms with Gasteiger partial charge in [-0.05, 0) is 38.8 Å². The first-order chi connectivity index (χ1) is 8.10. The number of hydrogen-bond acceptors (Lipinski definition) is 2. The van der Waals surface area contributed by atoms with Crippen LogP contribution in [0, 0.1) is 12.8 Å². The van der Waals surface area contributed by atoms with Crippen LogP contribution < -0.4 is 0 Å². The monoisotopic (exact) mass is 288 g/mol. The number of hydrogen-bond donors (Lipinski definition) is 1. The fourth-order valence-electron chi connectivity index (χ4n) is 1.98. The van der Waals surface area contributed by atoms with E-state index in [1.165, 1.54) is 0 Å². The predicted molar refractivity (Wildman–Crippen MR) is 77.3 cm³/mol. The molecular formula is C14H21ClO2S. The third kappa shape index (κ3) is 2.79. The summed E-state index contributed by atoms with van der Waals surface area (Å²) in [4.78, 5) is 0.645. The molecule has 4 heteroatoms. The number of halogens is 1. The van der Waals surface area contributed by atoms with Crippen LogP contribution in [0.3, 0.4) is 0 Å². The van der Waals surface area contributed by atoms with Crippen molar-refractivity contribution in [2.24, 2.45) is 5.92 Å². The van der Waals surface area contributed by atoms with Crippen molar-refractivity contribution in [3.8, 4) is 0 Å². The normalized spacial score (nSPS) is 17.6. The number of aryl methyl sites for hydroxylation is 1. The van der Waals surface area contributed by atoms with Gasteiger partial charge in [-0.1, -0.05) is 31.5 Å². The molecule has 2 atom stereocenters. The van der Waals surface area contributed by atoms with Gasteiger partial charge in [0.1, 0.15) is 0 Å². The van der Waals surface area contributed by atoms with Gasteiger partial charge in [0, 0.05) is 4.90 Å². The molecule has 0 bridgehead atoms. The third-order valence-electron chi connectivity index (χ3n) is 3.08. The summed E-state index contributed by atoms with van der Waals surface area (Å²) >= 11 is 6.52. The van der Waals surface area contributed by atoms with Crippen LogP contribution in [0.2, 0.25) is 0 Å². The molecule has 1 aromatic rings. The first-order valence-corrected chi connectivity index (χ1v) is 7.53. The zero-order chi connectivity index (χ0) is 14.1. The second-order valence-corrected chi connectivity index (χ2v) is 7.91. The standard InChI is InChI=1S/C14H21ClO2S/c1-10(2)14(15,13(4,5)16)18(17)12-8-6-11(3)7-9-12/h6-10,16H,1-5H3. The maximum Gasteiger partial charge on any atom is 0.154 e. The van der Waals surface area contributed by atoms with Crippen molar-refractivity contribution in [3.63, 3.8) is 0 Å². The number of aliphatic hydroxyl groups is 1. The second kappa shape index (κ2) is 5.32. The molecule has 0 amide bonds. The molecule has 0 radical (unpaired) electrons. The molecule has 1 N–H and O–H groups in total. The van der Waals surface area contributed by atoms with Gasteiger partial charge < -0.3 is 5.11 Å². The fraction of sp³-hybridized carbons (Fsp3) is 0.571. The average Bonchev–Trinajstić information content (AvgIpc) is 2.26. The van der Waals surface area contributed by atoms with Gasteiger partial charge in [0.05, 0.1) is 16.4 Å². The highest BCUT2D eigenvalue weighted by Gasteiger charge is 2.50. The average molecular weight is 289 g/mol. The lowest BCUT2D eigenvalue weighted by Crippen LogP contribution is -2.52. The summed E-state index contributed by atoms with van der Waals surface area (Å²) in [6.45, 7) is 8.92. The summed E-state index contributed by atoms with van der Waals surface area (Å²) < 4.78 is 11.5. The lowest BCUT2D eigenvalue weighted by Gasteiger charge is -2.40. The van der Waals surface area contributed by atoms with E-state index in [1.54, 1.807) is 26.0 Å². The van der Waals surface area contributed by atoms with Gasteiger partial charge in [-0.2, -0.15) is 0 Å². The van der Waals surface area contributed by atoms with Gasteiger partial charge >= 0.3 is 0 Å². The molecule has 18 heavy (non-hydrogen) atoms. The molecule has 1 aromatic carbocycles. The molecule has 1 rings (SSSR count). The summed E-state index contributed by atoms with van der Waals surface area (Å²) in [5.74, 6) is -0.124. The van der Waals surface area contributed by atoms with Gasteiger partial charge in [-0.25, -0.2) is 0 Å². The number of alkyl halides is 1. The van der Waals surface area contributed by atoms with Crippen LogP contribution in [0.4, 0.5) is 0 Å². The molecule has 0 aliphatic heterocycles. The molecule has 0 heterocycles. The minimum atomic E-state index is -1.48. The van der Waals surface area contributed by atoms with E-state index in [-0.39, 0.29) is 5.92 Å². The molecular weight excluding hydrogens is 268 g/mol. The van der Waals surface area contributed by atoms with Crippen molar-refractivity contribution >= 4 is 22.4 Å². The van der Waals surface area contributed by atoms with Gasteiger partial charge in [0.2, 0.25) is 0 Å². The first kappa shape index (κ1) is 15.7. The van der Waals surface area contributed by atoms with Crippen LogP contribution in [0.1, 0.15) is 33.3 Å². The molecule has 0 aliphatic carbocycles. The molecule has 0 aromatic heterocycles. The molecule has 2 nitrogen and oxygen atoms in total. The number of benzene rings is 1. The van der Waals surface area contributed by atoms with Gasteiger partial charge in [0.25, 0.3) is 0 Å². The van der Waals surface area contributed by atoms with Crippen molar-refractivity contribution in [1.29, 1.82) is 0 Å². The van der Waals surface area contributed by atoms with Gasteiger partial charge in [0.15, 0.2) is 4.21 Å². The maximum absolute atomic E-state index is 12.7. The fourth-order valence-corrected chi connectivity index (χ4v) is 3.86. The van der Waals surface area contributed by atoms with E-state index in [0.717, 1.165) is 5.56 Å². The van der Waals surface area contributed by atoms with Crippen LogP contribution in [0.5, 0.6) is 0 Å². The lowest BCUT2D eigenvalue weighted by molar-refractivity contribution is 0.0481. The third-order valence-corrected chi connectivity index (χ3v) is 6.61. The second-order valence-electron chi connectivity index (χ2n) is 5.44. The first-order valence-electron chi connectivity index (χ1n) is 6.00. The molecule has 0 saturated heterocycles. The molecule has 0 spiro atoms. The quantitative estimate of drug-likeness (QED) is 0.862. The molecule has 2 unspecified atom stereocenters. The van der Waals surface area contributed by atoms with E-state index < -0.39 is 20.6 Å². The summed E-state index contributed by atoms with van der Waals surface area (Å²) in [5.41, 5.74) is -0.137. The highest BCUT2D eigenvalue weighted by Crippen LogP contribution is 2.42. The molecule has 102 valence electrons. The van der Waals surface area contributed by atoms with Crippen molar-refractivity contribution in [2.75, 3.05) is 0 Å². The van der Waals surface area contributed by atoms with E-state index >= 15 is 0 Å². The van der Waals surface area contributed by atoms with Crippen LogP contribution >= 0.6 is 11.6 Å². The Balaban J connectivity index is 3.24. The van der Waals surface area contributed by atoms with Crippen molar-refractivity contribution in [3.05, 3.63) is 29.8 Å². The summed E-state index contributed by atoms with van der Waals surface area (Å²) in [7, 11) is -1.48. The summed E-state index contributed by atoms with van der Waals surface area (Å²) in [6, 6.07) is 7.40. The van der Waals surface area contributed by atoms with Crippen molar-refractivity contribution < 1.29 is 9.32 Å². The van der Waals surface area contributed by atoms with Crippen LogP contribution in [0.15, 0.2) is 29.2 Å². The van der Waals surface area contributed by atoms with E-state index in [0.29, 0.717) is 4.90 Å². The largest absolute Gasteiger partial charge is 0.388 e. The van der Waals surface area contributed by atoms with Crippen molar-refractivity contribution in [1.82, 2.24) is 0 Å². The highest BCUT2D eigenvalue weighted by molar-refractivity contribution is 7.88. The Morgan fingerprint density at radius 2 is 1.67 bits per heavy atom. The van der Waals surface area contributed by atoms with E-state index in [2.05, 4.69) is 0 Å². The Labute approximate surface area is 117 Å². The van der Waals surface area contributed by atoms with E-state index in [9.17, 15) is 9.32 Å². The molecule has 0 aliphatic rings. The van der Waals surface area contributed by atoms with Crippen LogP contribution in [-0.4, -0.2) is 19.1 Å². The lowest BCUT2D eigenvalue weighted by atomic mass is 9.95. The Morgan fingerprint density at radius 1 is 1.22 bits per heavy atom. The van der Waals surface area contributed by atoms with Crippen molar-refractivity contribution in [2.45, 2.75) is 49.3 Å². The predicted octanol–water partition coefficient (Wildman–Crippen LogP) is 3.46. The zero-order valence-corrected chi connectivity index (χ0v) is 13.1. The molecule has 0 saturated carbocycles. The maximum atomic E-state index is 12.7. The van der Waals surface area contributed by atoms with Crippen LogP contribution in [0.25, 0.3) is 0 Å². The van der Waals surface area contributed by atoms with Gasteiger partial charge in [-0.15, -0.1) is 11.6 Å². The summed E-state index contributed by atoms with van der Waals surface area (Å²) in [6.07, 6.45) is 0. The Morgan fingerprint density at radius 3 is 2.00 bits per heavy atom. The van der Waals surface area contributed by atoms with E-state index in [4.69, 9.17) is 11.6 Å². The topological polar surface area (TPSA) is 37.3 Å². The highest BCUT2D eigenvalue weighted by atomic mass is 35.5. The van der Waals surface area contributed by atoms with E-state index in [1.807, 2.05) is 32.9 Å².